The molecule has 6 heteroatoms. The lowest BCUT2D eigenvalue weighted by Gasteiger charge is -2.19. The van der Waals surface area contributed by atoms with Crippen molar-refractivity contribution >= 4 is 11.9 Å². The van der Waals surface area contributed by atoms with Crippen LogP contribution in [0, 0.1) is 0 Å². The summed E-state index contributed by atoms with van der Waals surface area (Å²) < 4.78 is 5.55. The summed E-state index contributed by atoms with van der Waals surface area (Å²) in [6.07, 6.45) is 2.24. The summed E-state index contributed by atoms with van der Waals surface area (Å²) in [6.45, 7) is 7.83. The number of hydrogen-bond donors (Lipinski definition) is 2. The minimum Gasteiger partial charge on any atom is -0.379 e. The monoisotopic (exact) mass is 362 g/mol. The van der Waals surface area contributed by atoms with E-state index in [-0.39, 0.29) is 24.6 Å². The number of amides is 1. The topological polar surface area (TPSA) is 66.0 Å². The van der Waals surface area contributed by atoms with Gasteiger partial charge < -0.3 is 20.3 Å². The summed E-state index contributed by atoms with van der Waals surface area (Å²) in [5, 5.41) is 6.69. The molecule has 0 spiro atoms. The van der Waals surface area contributed by atoms with Gasteiger partial charge >= 0.3 is 0 Å². The maximum Gasteiger partial charge on any atom is 0.243 e. The molecular formula is C20H34N4O2. The number of rotatable bonds is 10. The lowest BCUT2D eigenvalue weighted by atomic mass is 10.1. The Morgan fingerprint density at radius 1 is 1.15 bits per heavy atom. The Kier molecular flexibility index (Phi) is 10.4. The maximum atomic E-state index is 11.8. The van der Waals surface area contributed by atoms with Crippen molar-refractivity contribution in [3.8, 4) is 0 Å². The number of nitrogens with zero attached hydrogens (tertiary/aromatic N) is 2. The minimum absolute atomic E-state index is 0.0243. The maximum absolute atomic E-state index is 11.8. The smallest absolute Gasteiger partial charge is 0.243 e. The largest absolute Gasteiger partial charge is 0.379 e. The Labute approximate surface area is 158 Å². The summed E-state index contributed by atoms with van der Waals surface area (Å²) in [7, 11) is 3.47. The SMILES string of the molecule is CC(C)OCCCCNC(=NCC(=O)N(C)C)NC(C)c1ccccc1. The molecule has 0 radical (unpaired) electrons. The lowest BCUT2D eigenvalue weighted by molar-refractivity contribution is -0.127. The molecule has 1 unspecified atom stereocenters. The van der Waals surface area contributed by atoms with Gasteiger partial charge in [0.2, 0.25) is 5.91 Å². The Hall–Kier alpha value is -2.08. The van der Waals surface area contributed by atoms with Crippen LogP contribution in [0.3, 0.4) is 0 Å². The van der Waals surface area contributed by atoms with Crippen molar-refractivity contribution < 1.29 is 9.53 Å². The number of unbranched alkanes of at least 4 members (excludes halogenated alkanes) is 1. The van der Waals surface area contributed by atoms with E-state index in [1.165, 1.54) is 5.56 Å². The molecule has 1 rings (SSSR count). The second-order valence-corrected chi connectivity index (χ2v) is 6.78. The van der Waals surface area contributed by atoms with Crippen LogP contribution < -0.4 is 10.6 Å². The zero-order valence-corrected chi connectivity index (χ0v) is 16.8. The van der Waals surface area contributed by atoms with Crippen molar-refractivity contribution in [2.45, 2.75) is 45.8 Å². The summed E-state index contributed by atoms with van der Waals surface area (Å²) in [6, 6.07) is 10.3. The molecule has 6 nitrogen and oxygen atoms in total. The van der Waals surface area contributed by atoms with Crippen molar-refractivity contribution in [1.29, 1.82) is 0 Å². The van der Waals surface area contributed by atoms with Crippen LogP contribution in [-0.2, 0) is 9.53 Å². The van der Waals surface area contributed by atoms with Gasteiger partial charge in [0.1, 0.15) is 6.54 Å². The molecule has 0 saturated carbocycles. The summed E-state index contributed by atoms with van der Waals surface area (Å²) in [4.78, 5) is 17.8. The van der Waals surface area contributed by atoms with Gasteiger partial charge in [0.15, 0.2) is 5.96 Å². The van der Waals surface area contributed by atoms with Gasteiger partial charge in [-0.3, -0.25) is 4.79 Å². The standard InChI is InChI=1S/C20H34N4O2/c1-16(2)26-14-10-9-13-21-20(22-15-19(25)24(4)5)23-17(3)18-11-7-6-8-12-18/h6-8,11-12,16-17H,9-10,13-15H2,1-5H3,(H2,21,22,23). The van der Waals surface area contributed by atoms with Crippen molar-refractivity contribution in [1.82, 2.24) is 15.5 Å². The summed E-state index contributed by atoms with van der Waals surface area (Å²) >= 11 is 0. The van der Waals surface area contributed by atoms with E-state index in [1.807, 2.05) is 32.0 Å². The molecule has 26 heavy (non-hydrogen) atoms. The molecule has 1 aromatic carbocycles. The minimum atomic E-state index is -0.0243. The fraction of sp³-hybridized carbons (Fsp3) is 0.600. The number of aliphatic imine (C=N–C) groups is 1. The van der Waals surface area contributed by atoms with Crippen molar-refractivity contribution in [2.24, 2.45) is 4.99 Å². The molecule has 146 valence electrons. The van der Waals surface area contributed by atoms with Crippen LogP contribution in [-0.4, -0.2) is 56.7 Å². The zero-order chi connectivity index (χ0) is 19.4. The highest BCUT2D eigenvalue weighted by Gasteiger charge is 2.09. The van der Waals surface area contributed by atoms with Crippen LogP contribution in [0.2, 0.25) is 0 Å². The molecule has 0 saturated heterocycles. The highest BCUT2D eigenvalue weighted by Crippen LogP contribution is 2.10. The molecule has 0 aliphatic heterocycles. The molecule has 0 aliphatic carbocycles. The van der Waals surface area contributed by atoms with Crippen molar-refractivity contribution in [2.75, 3.05) is 33.8 Å². The fourth-order valence-electron chi connectivity index (χ4n) is 2.22. The molecule has 0 aromatic heterocycles. The third-order valence-corrected chi connectivity index (χ3v) is 3.84. The van der Waals surface area contributed by atoms with Gasteiger partial charge in [0.25, 0.3) is 0 Å². The molecular weight excluding hydrogens is 328 g/mol. The van der Waals surface area contributed by atoms with Gasteiger partial charge in [0, 0.05) is 27.2 Å². The van der Waals surface area contributed by atoms with E-state index < -0.39 is 0 Å². The van der Waals surface area contributed by atoms with Crippen LogP contribution in [0.1, 0.15) is 45.2 Å². The van der Waals surface area contributed by atoms with Gasteiger partial charge in [0.05, 0.1) is 12.1 Å². The van der Waals surface area contributed by atoms with Gasteiger partial charge in [-0.05, 0) is 39.2 Å². The van der Waals surface area contributed by atoms with Crippen LogP contribution >= 0.6 is 0 Å². The van der Waals surface area contributed by atoms with Gasteiger partial charge in [-0.1, -0.05) is 30.3 Å². The van der Waals surface area contributed by atoms with Crippen molar-refractivity contribution in [3.63, 3.8) is 0 Å². The van der Waals surface area contributed by atoms with Crippen LogP contribution in [0.25, 0.3) is 0 Å². The molecule has 1 aromatic rings. The Bertz CT molecular complexity index is 544. The summed E-state index contributed by atoms with van der Waals surface area (Å²) in [5.74, 6) is 0.630. The first-order valence-electron chi connectivity index (χ1n) is 9.31. The van der Waals surface area contributed by atoms with E-state index in [4.69, 9.17) is 4.74 Å². The first-order chi connectivity index (χ1) is 12.4. The highest BCUT2D eigenvalue weighted by molar-refractivity contribution is 5.85. The quantitative estimate of drug-likeness (QED) is 0.381. The average molecular weight is 363 g/mol. The third-order valence-electron chi connectivity index (χ3n) is 3.84. The molecule has 0 aliphatic rings. The second-order valence-electron chi connectivity index (χ2n) is 6.78. The summed E-state index contributed by atoms with van der Waals surface area (Å²) in [5.41, 5.74) is 1.17. The molecule has 2 N–H and O–H groups in total. The zero-order valence-electron chi connectivity index (χ0n) is 16.8. The average Bonchev–Trinajstić information content (AvgIpc) is 2.62. The lowest BCUT2D eigenvalue weighted by Crippen LogP contribution is -2.40. The Balaban J connectivity index is 2.55. The van der Waals surface area contributed by atoms with Gasteiger partial charge in [-0.15, -0.1) is 0 Å². The first kappa shape index (κ1) is 22.0. The number of carbonyl (C=O) groups excluding carboxylic acids is 1. The number of benzene rings is 1. The second kappa shape index (κ2) is 12.3. The van der Waals surface area contributed by atoms with E-state index in [2.05, 4.69) is 34.7 Å². The first-order valence-corrected chi connectivity index (χ1v) is 9.31. The van der Waals surface area contributed by atoms with E-state index >= 15 is 0 Å². The third kappa shape index (κ3) is 9.42. The molecule has 0 heterocycles. The fourth-order valence-corrected chi connectivity index (χ4v) is 2.22. The van der Waals surface area contributed by atoms with E-state index in [1.54, 1.807) is 19.0 Å². The molecule has 0 fully saturated rings. The van der Waals surface area contributed by atoms with Crippen LogP contribution in [0.5, 0.6) is 0 Å². The van der Waals surface area contributed by atoms with Crippen LogP contribution in [0.15, 0.2) is 35.3 Å². The van der Waals surface area contributed by atoms with E-state index in [9.17, 15) is 4.79 Å². The normalized spacial score (nSPS) is 12.8. The number of nitrogens with one attached hydrogen (secondary N) is 2. The van der Waals surface area contributed by atoms with Crippen molar-refractivity contribution in [3.05, 3.63) is 35.9 Å². The van der Waals surface area contributed by atoms with Crippen LogP contribution in [0.4, 0.5) is 0 Å². The molecule has 0 bridgehead atoms. The van der Waals surface area contributed by atoms with E-state index in [0.29, 0.717) is 5.96 Å². The van der Waals surface area contributed by atoms with Gasteiger partial charge in [-0.25, -0.2) is 4.99 Å². The van der Waals surface area contributed by atoms with Gasteiger partial charge in [-0.2, -0.15) is 0 Å². The predicted octanol–water partition coefficient (Wildman–Crippen LogP) is 2.58. The number of ether oxygens (including phenoxy) is 1. The molecule has 1 amide bonds. The Morgan fingerprint density at radius 2 is 1.85 bits per heavy atom. The predicted molar refractivity (Wildman–Crippen MR) is 107 cm³/mol. The number of carbonyl (C=O) groups is 1. The molecule has 1 atom stereocenters. The Morgan fingerprint density at radius 3 is 2.46 bits per heavy atom. The van der Waals surface area contributed by atoms with E-state index in [0.717, 1.165) is 26.0 Å². The highest BCUT2D eigenvalue weighted by atomic mass is 16.5. The number of likely N-dealkylation sites (N-methyl/N-ethyl adjacent to an activating group) is 1. The number of hydrogen-bond acceptors (Lipinski definition) is 3. The number of guanidine groups is 1.